The van der Waals surface area contributed by atoms with Crippen molar-refractivity contribution >= 4 is 16.9 Å². The molecular weight excluding hydrogens is 250 g/mol. The first-order chi connectivity index (χ1) is 9.67. The van der Waals surface area contributed by atoms with Crippen molar-refractivity contribution in [1.29, 1.82) is 0 Å². The molecule has 3 aromatic rings. The average molecular weight is 267 g/mol. The number of anilines is 1. The molecule has 102 valence electrons. The lowest BCUT2D eigenvalue weighted by Gasteiger charge is -2.05. The van der Waals surface area contributed by atoms with E-state index in [1.807, 2.05) is 24.3 Å². The van der Waals surface area contributed by atoms with Crippen molar-refractivity contribution in [3.63, 3.8) is 0 Å². The molecule has 20 heavy (non-hydrogen) atoms. The first-order valence-electron chi connectivity index (χ1n) is 6.51. The molecule has 4 heteroatoms. The molecule has 1 aromatic carbocycles. The summed E-state index contributed by atoms with van der Waals surface area (Å²) < 4.78 is 7.33. The van der Waals surface area contributed by atoms with Crippen LogP contribution < -0.4 is 10.5 Å². The molecule has 3 rings (SSSR count). The Balaban J connectivity index is 1.95. The van der Waals surface area contributed by atoms with E-state index in [4.69, 9.17) is 10.5 Å². The molecule has 0 aliphatic rings. The summed E-state index contributed by atoms with van der Waals surface area (Å²) in [4.78, 5) is 4.36. The molecule has 2 N–H and O–H groups in total. The van der Waals surface area contributed by atoms with Gasteiger partial charge in [0.25, 0.3) is 0 Å². The minimum atomic E-state index is 0.555. The first-order valence-corrected chi connectivity index (χ1v) is 6.51. The molecular formula is C16H17N3O. The van der Waals surface area contributed by atoms with Gasteiger partial charge in [-0.1, -0.05) is 12.1 Å². The molecule has 0 atom stereocenters. The Bertz CT molecular complexity index is 744. The molecule has 0 spiro atoms. The molecule has 2 heterocycles. The molecule has 0 unspecified atom stereocenters. The van der Waals surface area contributed by atoms with E-state index in [2.05, 4.69) is 34.8 Å². The highest BCUT2D eigenvalue weighted by molar-refractivity contribution is 5.78. The van der Waals surface area contributed by atoms with E-state index in [9.17, 15) is 0 Å². The van der Waals surface area contributed by atoms with Crippen LogP contribution in [0.3, 0.4) is 0 Å². The Kier molecular flexibility index (Phi) is 3.06. The number of aryl methyl sites for hydroxylation is 1. The summed E-state index contributed by atoms with van der Waals surface area (Å²) in [6.07, 6.45) is 0.858. The van der Waals surface area contributed by atoms with Gasteiger partial charge < -0.3 is 15.0 Å². The normalized spacial score (nSPS) is 10.9. The molecule has 0 amide bonds. The Labute approximate surface area is 117 Å². The summed E-state index contributed by atoms with van der Waals surface area (Å²) in [5.41, 5.74) is 10.2. The van der Waals surface area contributed by atoms with Crippen LogP contribution in [-0.4, -0.2) is 16.7 Å². The zero-order valence-electron chi connectivity index (χ0n) is 11.6. The van der Waals surface area contributed by atoms with Crippen molar-refractivity contribution in [2.24, 2.45) is 7.05 Å². The number of fused-ring (bicyclic) bond motifs is 1. The third-order valence-corrected chi connectivity index (χ3v) is 3.56. The zero-order valence-corrected chi connectivity index (χ0v) is 11.6. The van der Waals surface area contributed by atoms with E-state index in [1.165, 1.54) is 11.3 Å². The number of benzene rings is 1. The molecule has 0 aliphatic carbocycles. The van der Waals surface area contributed by atoms with Gasteiger partial charge in [-0.3, -0.25) is 0 Å². The number of nitrogens with two attached hydrogens (primary N) is 1. The summed E-state index contributed by atoms with van der Waals surface area (Å²) in [5.74, 6) is 1.43. The number of hydrogen-bond acceptors (Lipinski definition) is 3. The van der Waals surface area contributed by atoms with Gasteiger partial charge in [-0.15, -0.1) is 0 Å². The van der Waals surface area contributed by atoms with E-state index >= 15 is 0 Å². The zero-order chi connectivity index (χ0) is 14.1. The number of rotatable bonds is 3. The van der Waals surface area contributed by atoms with Gasteiger partial charge in [0.15, 0.2) is 0 Å². The number of hydrogen-bond donors (Lipinski definition) is 1. The standard InChI is InChI=1S/C16H17N3O/c1-19-12(9-11-3-5-13(20-2)6-4-11)10-14-15(19)7-8-16(17)18-14/h3-8,10H,9H2,1-2H3,(H2,17,18). The smallest absolute Gasteiger partial charge is 0.124 e. The molecule has 0 saturated carbocycles. The van der Waals surface area contributed by atoms with Crippen LogP contribution in [0.15, 0.2) is 42.5 Å². The maximum atomic E-state index is 5.73. The van der Waals surface area contributed by atoms with Gasteiger partial charge in [0.05, 0.1) is 18.1 Å². The molecule has 0 bridgehead atoms. The lowest BCUT2D eigenvalue weighted by atomic mass is 10.1. The summed E-state index contributed by atoms with van der Waals surface area (Å²) in [7, 11) is 3.73. The largest absolute Gasteiger partial charge is 0.497 e. The fourth-order valence-electron chi connectivity index (χ4n) is 2.40. The maximum absolute atomic E-state index is 5.73. The van der Waals surface area contributed by atoms with Crippen molar-refractivity contribution < 1.29 is 4.74 Å². The average Bonchev–Trinajstić information content (AvgIpc) is 2.75. The summed E-state index contributed by atoms with van der Waals surface area (Å²) in [6.45, 7) is 0. The second kappa shape index (κ2) is 4.89. The number of pyridine rings is 1. The molecule has 2 aromatic heterocycles. The van der Waals surface area contributed by atoms with Crippen molar-refractivity contribution in [2.45, 2.75) is 6.42 Å². The highest BCUT2D eigenvalue weighted by atomic mass is 16.5. The van der Waals surface area contributed by atoms with Gasteiger partial charge >= 0.3 is 0 Å². The Morgan fingerprint density at radius 1 is 1.15 bits per heavy atom. The van der Waals surface area contributed by atoms with Crippen molar-refractivity contribution in [2.75, 3.05) is 12.8 Å². The quantitative estimate of drug-likeness (QED) is 0.794. The Morgan fingerprint density at radius 2 is 1.90 bits per heavy atom. The summed E-state index contributed by atoms with van der Waals surface area (Å²) >= 11 is 0. The van der Waals surface area contributed by atoms with Crippen LogP contribution >= 0.6 is 0 Å². The predicted octanol–water partition coefficient (Wildman–Crippen LogP) is 2.75. The van der Waals surface area contributed by atoms with E-state index in [-0.39, 0.29) is 0 Å². The van der Waals surface area contributed by atoms with Crippen LogP contribution in [0.4, 0.5) is 5.82 Å². The molecule has 0 aliphatic heterocycles. The molecule has 4 nitrogen and oxygen atoms in total. The molecule has 0 radical (unpaired) electrons. The van der Waals surface area contributed by atoms with Gasteiger partial charge in [0, 0.05) is 19.2 Å². The lowest BCUT2D eigenvalue weighted by molar-refractivity contribution is 0.414. The highest BCUT2D eigenvalue weighted by Crippen LogP contribution is 2.21. The second-order valence-electron chi connectivity index (χ2n) is 4.86. The van der Waals surface area contributed by atoms with Crippen LogP contribution in [0, 0.1) is 0 Å². The fourth-order valence-corrected chi connectivity index (χ4v) is 2.40. The lowest BCUT2D eigenvalue weighted by Crippen LogP contribution is -1.97. The maximum Gasteiger partial charge on any atom is 0.124 e. The van der Waals surface area contributed by atoms with Gasteiger partial charge in [0.2, 0.25) is 0 Å². The van der Waals surface area contributed by atoms with Crippen LogP contribution in [-0.2, 0) is 13.5 Å². The minimum Gasteiger partial charge on any atom is -0.497 e. The van der Waals surface area contributed by atoms with E-state index in [1.54, 1.807) is 7.11 Å². The van der Waals surface area contributed by atoms with Crippen molar-refractivity contribution in [3.8, 4) is 5.75 Å². The number of methoxy groups -OCH3 is 1. The third kappa shape index (κ3) is 2.20. The fraction of sp³-hybridized carbons (Fsp3) is 0.188. The first kappa shape index (κ1) is 12.5. The van der Waals surface area contributed by atoms with Gasteiger partial charge in [-0.25, -0.2) is 4.98 Å². The van der Waals surface area contributed by atoms with Crippen molar-refractivity contribution in [3.05, 3.63) is 53.7 Å². The van der Waals surface area contributed by atoms with Gasteiger partial charge in [-0.05, 0) is 35.9 Å². The van der Waals surface area contributed by atoms with Crippen LogP contribution in [0.1, 0.15) is 11.3 Å². The van der Waals surface area contributed by atoms with Crippen molar-refractivity contribution in [1.82, 2.24) is 9.55 Å². The Hall–Kier alpha value is -2.49. The van der Waals surface area contributed by atoms with Gasteiger partial charge in [-0.2, -0.15) is 0 Å². The van der Waals surface area contributed by atoms with Crippen LogP contribution in [0.2, 0.25) is 0 Å². The van der Waals surface area contributed by atoms with Crippen LogP contribution in [0.25, 0.3) is 11.0 Å². The number of aromatic nitrogens is 2. The third-order valence-electron chi connectivity index (χ3n) is 3.56. The van der Waals surface area contributed by atoms with Crippen LogP contribution in [0.5, 0.6) is 5.75 Å². The highest BCUT2D eigenvalue weighted by Gasteiger charge is 2.08. The Morgan fingerprint density at radius 3 is 2.60 bits per heavy atom. The number of nitrogen functional groups attached to an aromatic ring is 1. The number of nitrogens with zero attached hydrogens (tertiary/aromatic N) is 2. The molecule has 0 saturated heterocycles. The monoisotopic (exact) mass is 267 g/mol. The SMILES string of the molecule is COc1ccc(Cc2cc3nc(N)ccc3n2C)cc1. The molecule has 0 fully saturated rings. The van der Waals surface area contributed by atoms with E-state index in [0.717, 1.165) is 23.2 Å². The summed E-state index contributed by atoms with van der Waals surface area (Å²) in [5, 5.41) is 0. The summed E-state index contributed by atoms with van der Waals surface area (Å²) in [6, 6.07) is 14.1. The minimum absolute atomic E-state index is 0.555. The van der Waals surface area contributed by atoms with E-state index < -0.39 is 0 Å². The second-order valence-corrected chi connectivity index (χ2v) is 4.86. The van der Waals surface area contributed by atoms with Gasteiger partial charge in [0.1, 0.15) is 11.6 Å². The topological polar surface area (TPSA) is 53.1 Å². The number of ether oxygens (including phenoxy) is 1. The predicted molar refractivity (Wildman–Crippen MR) is 80.9 cm³/mol. The van der Waals surface area contributed by atoms with E-state index in [0.29, 0.717) is 5.82 Å².